The molecule has 1 N–H and O–H groups in total. The van der Waals surface area contributed by atoms with E-state index in [0.29, 0.717) is 11.8 Å². The van der Waals surface area contributed by atoms with Gasteiger partial charge in [0.05, 0.1) is 0 Å². The maximum atomic E-state index is 5.34. The van der Waals surface area contributed by atoms with Gasteiger partial charge in [0.1, 0.15) is 0 Å². The lowest BCUT2D eigenvalue weighted by Crippen LogP contribution is -2.43. The zero-order valence-electron chi connectivity index (χ0n) is 10.4. The van der Waals surface area contributed by atoms with Gasteiger partial charge in [-0.15, -0.1) is 6.58 Å². The summed E-state index contributed by atoms with van der Waals surface area (Å²) >= 11 is 5.34. The highest BCUT2D eigenvalue weighted by atomic mass is 32.1. The van der Waals surface area contributed by atoms with Crippen molar-refractivity contribution in [2.75, 3.05) is 19.6 Å². The molecule has 0 aliphatic heterocycles. The van der Waals surface area contributed by atoms with E-state index in [0.717, 1.165) is 24.7 Å². The summed E-state index contributed by atoms with van der Waals surface area (Å²) in [6.07, 6.45) is 1.83. The third-order valence-corrected chi connectivity index (χ3v) is 2.26. The van der Waals surface area contributed by atoms with Gasteiger partial charge in [-0.3, -0.25) is 0 Å². The maximum absolute atomic E-state index is 5.34. The van der Waals surface area contributed by atoms with Gasteiger partial charge in [0.2, 0.25) is 0 Å². The third-order valence-electron chi connectivity index (χ3n) is 1.86. The fourth-order valence-corrected chi connectivity index (χ4v) is 1.63. The second-order valence-electron chi connectivity index (χ2n) is 4.67. The van der Waals surface area contributed by atoms with Crippen LogP contribution in [0.1, 0.15) is 27.7 Å². The smallest absolute Gasteiger partial charge is 0.169 e. The molecule has 3 heteroatoms. The molecule has 0 aromatic carbocycles. The van der Waals surface area contributed by atoms with Crippen molar-refractivity contribution in [1.29, 1.82) is 0 Å². The second-order valence-corrected chi connectivity index (χ2v) is 5.05. The molecule has 0 saturated heterocycles. The lowest BCUT2D eigenvalue weighted by atomic mass is 10.1. The molecule has 0 aromatic heterocycles. The van der Waals surface area contributed by atoms with Crippen LogP contribution in [0.5, 0.6) is 0 Å². The summed E-state index contributed by atoms with van der Waals surface area (Å²) in [7, 11) is 0. The molecule has 0 aliphatic rings. The van der Waals surface area contributed by atoms with Crippen LogP contribution in [0.2, 0.25) is 0 Å². The molecule has 0 aliphatic carbocycles. The Kier molecular flexibility index (Phi) is 7.39. The van der Waals surface area contributed by atoms with Gasteiger partial charge in [-0.25, -0.2) is 0 Å². The Labute approximate surface area is 99.7 Å². The number of thiocarbonyl (C=S) groups is 1. The van der Waals surface area contributed by atoms with Crippen molar-refractivity contribution < 1.29 is 0 Å². The van der Waals surface area contributed by atoms with Crippen LogP contribution < -0.4 is 5.32 Å². The molecule has 15 heavy (non-hydrogen) atoms. The van der Waals surface area contributed by atoms with Crippen LogP contribution in [-0.2, 0) is 0 Å². The molecule has 2 nitrogen and oxygen atoms in total. The summed E-state index contributed by atoms with van der Waals surface area (Å²) in [6, 6.07) is 0. The quantitative estimate of drug-likeness (QED) is 0.556. The molecular formula is C12H24N2S. The van der Waals surface area contributed by atoms with Gasteiger partial charge in [0.25, 0.3) is 0 Å². The topological polar surface area (TPSA) is 15.3 Å². The van der Waals surface area contributed by atoms with Crippen LogP contribution in [0.3, 0.4) is 0 Å². The van der Waals surface area contributed by atoms with E-state index in [9.17, 15) is 0 Å². The van der Waals surface area contributed by atoms with Gasteiger partial charge >= 0.3 is 0 Å². The number of hydrogen-bond acceptors (Lipinski definition) is 1. The molecule has 0 saturated carbocycles. The van der Waals surface area contributed by atoms with Crippen molar-refractivity contribution in [3.8, 4) is 0 Å². The first-order chi connectivity index (χ1) is 6.97. The lowest BCUT2D eigenvalue weighted by molar-refractivity contribution is 0.325. The van der Waals surface area contributed by atoms with Gasteiger partial charge in [-0.2, -0.15) is 0 Å². The molecule has 0 fully saturated rings. The largest absolute Gasteiger partial charge is 0.359 e. The van der Waals surface area contributed by atoms with E-state index >= 15 is 0 Å². The van der Waals surface area contributed by atoms with Gasteiger partial charge in [0.15, 0.2) is 5.11 Å². The van der Waals surface area contributed by atoms with Crippen molar-refractivity contribution in [3.63, 3.8) is 0 Å². The van der Waals surface area contributed by atoms with Crippen LogP contribution >= 0.6 is 12.2 Å². The summed E-state index contributed by atoms with van der Waals surface area (Å²) < 4.78 is 0. The van der Waals surface area contributed by atoms with Crippen molar-refractivity contribution in [2.45, 2.75) is 27.7 Å². The molecule has 0 unspecified atom stereocenters. The van der Waals surface area contributed by atoms with E-state index in [1.54, 1.807) is 0 Å². The zero-order valence-corrected chi connectivity index (χ0v) is 11.2. The summed E-state index contributed by atoms with van der Waals surface area (Å²) in [6.45, 7) is 15.3. The van der Waals surface area contributed by atoms with Crippen molar-refractivity contribution >= 4 is 17.3 Å². The molecule has 0 spiro atoms. The minimum atomic E-state index is 0.632. The van der Waals surface area contributed by atoms with E-state index in [4.69, 9.17) is 12.2 Å². The first kappa shape index (κ1) is 14.4. The first-order valence-electron chi connectivity index (χ1n) is 5.61. The molecule has 0 atom stereocenters. The molecule has 0 radical (unpaired) electrons. The standard InChI is InChI=1S/C12H24N2S/c1-6-7-13-12(15)14(8-10(2)3)9-11(4)5/h6,10-11H,1,7-9H2,2-5H3,(H,13,15). The minimum Gasteiger partial charge on any atom is -0.359 e. The van der Waals surface area contributed by atoms with Crippen LogP contribution in [0.15, 0.2) is 12.7 Å². The third kappa shape index (κ3) is 7.37. The fraction of sp³-hybridized carbons (Fsp3) is 0.750. The van der Waals surface area contributed by atoms with E-state index in [-0.39, 0.29) is 0 Å². The van der Waals surface area contributed by atoms with Crippen LogP contribution in [0.25, 0.3) is 0 Å². The van der Waals surface area contributed by atoms with Crippen molar-refractivity contribution in [2.24, 2.45) is 11.8 Å². The Bertz CT molecular complexity index is 190. The summed E-state index contributed by atoms with van der Waals surface area (Å²) in [4.78, 5) is 2.24. The molecule has 88 valence electrons. The zero-order chi connectivity index (χ0) is 11.8. The molecular weight excluding hydrogens is 204 g/mol. The molecule has 0 rings (SSSR count). The van der Waals surface area contributed by atoms with E-state index < -0.39 is 0 Å². The highest BCUT2D eigenvalue weighted by molar-refractivity contribution is 7.80. The number of rotatable bonds is 6. The Morgan fingerprint density at radius 3 is 2.07 bits per heavy atom. The molecule has 0 heterocycles. The van der Waals surface area contributed by atoms with Crippen molar-refractivity contribution in [1.82, 2.24) is 10.2 Å². The fourth-order valence-electron chi connectivity index (χ4n) is 1.39. The predicted octanol–water partition coefficient (Wildman–Crippen LogP) is 2.66. The molecule has 0 bridgehead atoms. The Hall–Kier alpha value is -0.570. The number of nitrogens with zero attached hydrogens (tertiary/aromatic N) is 1. The Morgan fingerprint density at radius 1 is 1.27 bits per heavy atom. The summed E-state index contributed by atoms with van der Waals surface area (Å²) in [5, 5.41) is 4.03. The average Bonchev–Trinajstić information content (AvgIpc) is 2.11. The maximum Gasteiger partial charge on any atom is 0.169 e. The van der Waals surface area contributed by atoms with E-state index in [2.05, 4.69) is 44.5 Å². The summed E-state index contributed by atoms with van der Waals surface area (Å²) in [5.74, 6) is 1.26. The highest BCUT2D eigenvalue weighted by Crippen LogP contribution is 2.04. The van der Waals surface area contributed by atoms with Gasteiger partial charge < -0.3 is 10.2 Å². The number of nitrogens with one attached hydrogen (secondary N) is 1. The normalized spacial score (nSPS) is 10.5. The van der Waals surface area contributed by atoms with Crippen LogP contribution in [0, 0.1) is 11.8 Å². The SMILES string of the molecule is C=CCNC(=S)N(CC(C)C)CC(C)C. The molecule has 0 amide bonds. The van der Waals surface area contributed by atoms with E-state index in [1.165, 1.54) is 0 Å². The van der Waals surface area contributed by atoms with Crippen LogP contribution in [0.4, 0.5) is 0 Å². The van der Waals surface area contributed by atoms with Gasteiger partial charge in [0, 0.05) is 19.6 Å². The highest BCUT2D eigenvalue weighted by Gasteiger charge is 2.11. The lowest BCUT2D eigenvalue weighted by Gasteiger charge is -2.28. The second kappa shape index (κ2) is 7.69. The Balaban J connectivity index is 4.20. The van der Waals surface area contributed by atoms with Crippen LogP contribution in [-0.4, -0.2) is 29.6 Å². The van der Waals surface area contributed by atoms with Gasteiger partial charge in [-0.05, 0) is 24.1 Å². The number of hydrogen-bond donors (Lipinski definition) is 1. The minimum absolute atomic E-state index is 0.632. The average molecular weight is 228 g/mol. The monoisotopic (exact) mass is 228 g/mol. The first-order valence-corrected chi connectivity index (χ1v) is 6.01. The van der Waals surface area contributed by atoms with E-state index in [1.807, 2.05) is 6.08 Å². The Morgan fingerprint density at radius 2 is 1.73 bits per heavy atom. The molecule has 0 aromatic rings. The van der Waals surface area contributed by atoms with Crippen molar-refractivity contribution in [3.05, 3.63) is 12.7 Å². The summed E-state index contributed by atoms with van der Waals surface area (Å²) in [5.41, 5.74) is 0. The van der Waals surface area contributed by atoms with Gasteiger partial charge in [-0.1, -0.05) is 33.8 Å². The predicted molar refractivity (Wildman–Crippen MR) is 72.0 cm³/mol.